The monoisotopic (exact) mass is 324 g/mol. The normalized spacial score (nSPS) is 18.4. The number of pyridine rings is 1. The minimum atomic E-state index is -0.552. The van der Waals surface area contributed by atoms with Gasteiger partial charge < -0.3 is 14.6 Å². The van der Waals surface area contributed by atoms with Crippen LogP contribution in [0.5, 0.6) is 0 Å². The van der Waals surface area contributed by atoms with Crippen LogP contribution >= 0.6 is 0 Å². The molecule has 0 saturated carbocycles. The van der Waals surface area contributed by atoms with E-state index in [1.54, 1.807) is 30.5 Å². The Labute approximate surface area is 142 Å². The van der Waals surface area contributed by atoms with E-state index in [1.807, 2.05) is 45.9 Å². The molecule has 0 spiro atoms. The third kappa shape index (κ3) is 3.20. The Kier molecular flexibility index (Phi) is 4.19. The van der Waals surface area contributed by atoms with Crippen LogP contribution < -0.4 is 10.9 Å². The van der Waals surface area contributed by atoms with Gasteiger partial charge in [0.25, 0.3) is 5.91 Å². The van der Waals surface area contributed by atoms with Gasteiger partial charge in [-0.2, -0.15) is 0 Å². The average Bonchev–Trinajstić information content (AvgIpc) is 2.76. The number of rotatable bonds is 3. The van der Waals surface area contributed by atoms with Crippen molar-refractivity contribution in [2.75, 3.05) is 5.32 Å². The molecule has 1 aromatic carbocycles. The maximum absolute atomic E-state index is 12.3. The first kappa shape index (κ1) is 16.7. The minimum absolute atomic E-state index is 0.165. The van der Waals surface area contributed by atoms with Crippen LogP contribution in [0, 0.1) is 0 Å². The summed E-state index contributed by atoms with van der Waals surface area (Å²) in [5.41, 5.74) is 1.04. The zero-order valence-electron chi connectivity index (χ0n) is 14.4. The number of hydrogen-bond donors (Lipinski definition) is 1. The summed E-state index contributed by atoms with van der Waals surface area (Å²) in [6, 6.07) is 12.6. The second kappa shape index (κ2) is 6.04. The topological polar surface area (TPSA) is 60.5 Å². The lowest BCUT2D eigenvalue weighted by molar-refractivity contribution is 0.00578. The smallest absolute Gasteiger partial charge is 0.398 e. The lowest BCUT2D eigenvalue weighted by Gasteiger charge is -2.32. The van der Waals surface area contributed by atoms with E-state index in [0.29, 0.717) is 16.8 Å². The molecular weight excluding hydrogens is 303 g/mol. The molecule has 1 amide bonds. The molecule has 1 fully saturated rings. The molecule has 124 valence electrons. The maximum Gasteiger partial charge on any atom is 0.514 e. The van der Waals surface area contributed by atoms with E-state index >= 15 is 0 Å². The second-order valence-electron chi connectivity index (χ2n) is 6.88. The molecule has 1 N–H and O–H groups in total. The van der Waals surface area contributed by atoms with Crippen molar-refractivity contribution in [3.05, 3.63) is 54.2 Å². The van der Waals surface area contributed by atoms with Crippen LogP contribution in [0.15, 0.2) is 48.7 Å². The fraction of sp³-hybridized carbons (Fsp3) is 0.333. The van der Waals surface area contributed by atoms with Gasteiger partial charge in [0.05, 0.1) is 16.8 Å². The molecule has 24 heavy (non-hydrogen) atoms. The first-order valence-electron chi connectivity index (χ1n) is 7.96. The van der Waals surface area contributed by atoms with Crippen LogP contribution in [0.4, 0.5) is 5.69 Å². The average molecular weight is 324 g/mol. The molecule has 0 unspecified atom stereocenters. The van der Waals surface area contributed by atoms with Crippen molar-refractivity contribution in [3.8, 4) is 0 Å². The van der Waals surface area contributed by atoms with Crippen molar-refractivity contribution >= 4 is 24.3 Å². The van der Waals surface area contributed by atoms with Crippen LogP contribution in [0.1, 0.15) is 38.1 Å². The maximum atomic E-state index is 12.3. The van der Waals surface area contributed by atoms with E-state index < -0.39 is 18.3 Å². The predicted molar refractivity (Wildman–Crippen MR) is 94.3 cm³/mol. The molecule has 5 nitrogen and oxygen atoms in total. The molecule has 2 aromatic rings. The highest BCUT2D eigenvalue weighted by molar-refractivity contribution is 6.61. The van der Waals surface area contributed by atoms with Crippen LogP contribution in [0.3, 0.4) is 0 Å². The van der Waals surface area contributed by atoms with Gasteiger partial charge in [-0.3, -0.25) is 9.78 Å². The number of benzene rings is 1. The molecule has 0 aliphatic carbocycles. The number of anilines is 1. The van der Waals surface area contributed by atoms with E-state index in [9.17, 15) is 4.79 Å². The molecule has 0 bridgehead atoms. The number of carbonyl (C=O) groups excluding carboxylic acids is 1. The molecule has 0 radical (unpaired) electrons. The lowest BCUT2D eigenvalue weighted by atomic mass is 9.84. The molecule has 1 saturated heterocycles. The van der Waals surface area contributed by atoms with Gasteiger partial charge in [-0.25, -0.2) is 0 Å². The molecular formula is C18H21BN2O3. The number of amides is 1. The van der Waals surface area contributed by atoms with E-state index in [0.717, 1.165) is 0 Å². The lowest BCUT2D eigenvalue weighted by Crippen LogP contribution is -2.41. The van der Waals surface area contributed by atoms with E-state index in [4.69, 9.17) is 9.31 Å². The van der Waals surface area contributed by atoms with Gasteiger partial charge in [0.15, 0.2) is 0 Å². The molecule has 1 aliphatic heterocycles. The van der Waals surface area contributed by atoms with Crippen molar-refractivity contribution in [2.45, 2.75) is 38.9 Å². The van der Waals surface area contributed by atoms with Crippen molar-refractivity contribution < 1.29 is 14.1 Å². The Balaban J connectivity index is 1.77. The Hall–Kier alpha value is -2.18. The second-order valence-corrected chi connectivity index (χ2v) is 6.88. The van der Waals surface area contributed by atoms with Gasteiger partial charge in [-0.15, -0.1) is 0 Å². The summed E-state index contributed by atoms with van der Waals surface area (Å²) in [7, 11) is -0.552. The predicted octanol–water partition coefficient (Wildman–Crippen LogP) is 2.63. The summed E-state index contributed by atoms with van der Waals surface area (Å²) >= 11 is 0. The number of nitrogens with one attached hydrogen (secondary N) is 1. The zero-order chi connectivity index (χ0) is 17.4. The first-order chi connectivity index (χ1) is 11.3. The van der Waals surface area contributed by atoms with Crippen LogP contribution in [0.25, 0.3) is 0 Å². The molecule has 2 heterocycles. The summed E-state index contributed by atoms with van der Waals surface area (Å²) in [5, 5.41) is 2.87. The standard InChI is InChI=1S/C18H21BN2O3/c1-17(2)18(3,4)24-19(23-17)15-12-14(10-11-20-15)21-16(22)13-8-6-5-7-9-13/h5-12H,1-4H3,(H,20,21,22). The Morgan fingerprint density at radius 3 is 2.29 bits per heavy atom. The Morgan fingerprint density at radius 2 is 1.67 bits per heavy atom. The third-order valence-corrected chi connectivity index (χ3v) is 4.57. The largest absolute Gasteiger partial charge is 0.514 e. The molecule has 1 aromatic heterocycles. The van der Waals surface area contributed by atoms with Crippen LogP contribution in [0.2, 0.25) is 0 Å². The number of carbonyl (C=O) groups is 1. The van der Waals surface area contributed by atoms with E-state index in [2.05, 4.69) is 10.3 Å². The van der Waals surface area contributed by atoms with Crippen LogP contribution in [-0.4, -0.2) is 29.2 Å². The highest BCUT2D eigenvalue weighted by atomic mass is 16.7. The van der Waals surface area contributed by atoms with Gasteiger partial charge in [-0.1, -0.05) is 18.2 Å². The van der Waals surface area contributed by atoms with Gasteiger partial charge >= 0.3 is 7.12 Å². The summed E-state index contributed by atoms with van der Waals surface area (Å²) in [4.78, 5) is 16.6. The number of nitrogens with zero attached hydrogens (tertiary/aromatic N) is 1. The number of hydrogen-bond acceptors (Lipinski definition) is 4. The summed E-state index contributed by atoms with van der Waals surface area (Å²) < 4.78 is 12.0. The fourth-order valence-electron chi connectivity index (χ4n) is 2.41. The quantitative estimate of drug-likeness (QED) is 0.882. The molecule has 1 aliphatic rings. The highest BCUT2D eigenvalue weighted by Crippen LogP contribution is 2.36. The van der Waals surface area contributed by atoms with Crippen molar-refractivity contribution in [1.29, 1.82) is 0 Å². The minimum Gasteiger partial charge on any atom is -0.398 e. The molecule has 6 heteroatoms. The van der Waals surface area contributed by atoms with Crippen molar-refractivity contribution in [3.63, 3.8) is 0 Å². The summed E-state index contributed by atoms with van der Waals surface area (Å²) in [5.74, 6) is -0.165. The van der Waals surface area contributed by atoms with Gasteiger partial charge in [-0.05, 0) is 52.0 Å². The fourth-order valence-corrected chi connectivity index (χ4v) is 2.41. The van der Waals surface area contributed by atoms with Gasteiger partial charge in [0.2, 0.25) is 0 Å². The summed E-state index contributed by atoms with van der Waals surface area (Å²) in [6.45, 7) is 7.98. The summed E-state index contributed by atoms with van der Waals surface area (Å²) in [6.07, 6.45) is 1.64. The van der Waals surface area contributed by atoms with Gasteiger partial charge in [0, 0.05) is 17.4 Å². The molecule has 0 atom stereocenters. The van der Waals surface area contributed by atoms with E-state index in [-0.39, 0.29) is 5.91 Å². The Bertz CT molecular complexity index is 731. The van der Waals surface area contributed by atoms with Gasteiger partial charge in [0.1, 0.15) is 0 Å². The third-order valence-electron chi connectivity index (χ3n) is 4.57. The van der Waals surface area contributed by atoms with Crippen molar-refractivity contribution in [1.82, 2.24) is 4.98 Å². The van der Waals surface area contributed by atoms with E-state index in [1.165, 1.54) is 0 Å². The zero-order valence-corrected chi connectivity index (χ0v) is 14.4. The van der Waals surface area contributed by atoms with Crippen molar-refractivity contribution in [2.24, 2.45) is 0 Å². The highest BCUT2D eigenvalue weighted by Gasteiger charge is 2.52. The first-order valence-corrected chi connectivity index (χ1v) is 7.96. The SMILES string of the molecule is CC1(C)OB(c2cc(NC(=O)c3ccccc3)ccn2)OC1(C)C. The number of aromatic nitrogens is 1. The molecule has 3 rings (SSSR count). The Morgan fingerprint density at radius 1 is 1.04 bits per heavy atom. The van der Waals surface area contributed by atoms with Crippen LogP contribution in [-0.2, 0) is 9.31 Å².